The van der Waals surface area contributed by atoms with E-state index < -0.39 is 5.82 Å². The largest absolute Gasteiger partial charge is 0.491 e. The molecule has 1 aromatic heterocycles. The van der Waals surface area contributed by atoms with Crippen LogP contribution in [0.15, 0.2) is 24.3 Å². The second kappa shape index (κ2) is 4.03. The maximum absolute atomic E-state index is 13.4. The lowest BCUT2D eigenvalue weighted by molar-refractivity contribution is 0.322. The number of aromatic nitrogens is 1. The minimum Gasteiger partial charge on any atom is -0.491 e. The molecule has 0 bridgehead atoms. The lowest BCUT2D eigenvalue weighted by atomic mass is 10.2. The van der Waals surface area contributed by atoms with Crippen LogP contribution in [0.3, 0.4) is 0 Å². The summed E-state index contributed by atoms with van der Waals surface area (Å²) in [6.07, 6.45) is 0. The van der Waals surface area contributed by atoms with Gasteiger partial charge in [-0.25, -0.2) is 9.37 Å². The Morgan fingerprint density at radius 1 is 1.40 bits per heavy atom. The first kappa shape index (κ1) is 10.2. The average molecular weight is 226 g/mol. The van der Waals surface area contributed by atoms with E-state index in [1.54, 1.807) is 18.2 Å². The van der Waals surface area contributed by atoms with E-state index in [4.69, 9.17) is 16.3 Å². The van der Waals surface area contributed by atoms with E-state index in [2.05, 4.69) is 4.98 Å². The van der Waals surface area contributed by atoms with Crippen molar-refractivity contribution in [3.8, 4) is 5.75 Å². The van der Waals surface area contributed by atoms with E-state index in [9.17, 15) is 4.39 Å². The summed E-state index contributed by atoms with van der Waals surface area (Å²) in [6.45, 7) is 2.24. The summed E-state index contributed by atoms with van der Waals surface area (Å²) in [7, 11) is 0. The van der Waals surface area contributed by atoms with Crippen LogP contribution in [0.4, 0.5) is 4.39 Å². The van der Waals surface area contributed by atoms with Gasteiger partial charge in [-0.2, -0.15) is 0 Å². The van der Waals surface area contributed by atoms with Gasteiger partial charge in [-0.3, -0.25) is 0 Å². The number of ether oxygens (including phenoxy) is 1. The Morgan fingerprint density at radius 2 is 2.20 bits per heavy atom. The van der Waals surface area contributed by atoms with Crippen LogP contribution in [0.5, 0.6) is 5.75 Å². The molecule has 0 aliphatic carbocycles. The first-order valence-corrected chi connectivity index (χ1v) is 4.97. The summed E-state index contributed by atoms with van der Waals surface area (Å²) >= 11 is 5.71. The zero-order valence-electron chi connectivity index (χ0n) is 8.13. The maximum atomic E-state index is 13.4. The molecule has 0 aliphatic heterocycles. The smallest absolute Gasteiger partial charge is 0.167 e. The number of nitrogens with zero attached hydrogens (tertiary/aromatic N) is 1. The summed E-state index contributed by atoms with van der Waals surface area (Å²) in [5.74, 6) is -0.173. The molecule has 2 rings (SSSR count). The van der Waals surface area contributed by atoms with Gasteiger partial charge >= 0.3 is 0 Å². The van der Waals surface area contributed by atoms with Gasteiger partial charge in [0.1, 0.15) is 5.15 Å². The van der Waals surface area contributed by atoms with Crippen LogP contribution in [-0.4, -0.2) is 11.6 Å². The first-order chi connectivity index (χ1) is 7.20. The molecule has 15 heavy (non-hydrogen) atoms. The van der Waals surface area contributed by atoms with Gasteiger partial charge in [0, 0.05) is 11.5 Å². The van der Waals surface area contributed by atoms with Crippen molar-refractivity contribution in [2.75, 3.05) is 6.61 Å². The first-order valence-electron chi connectivity index (χ1n) is 4.59. The molecule has 0 amide bonds. The molecular weight excluding hydrogens is 217 g/mol. The highest BCUT2D eigenvalue weighted by atomic mass is 35.5. The number of pyridine rings is 1. The molecule has 2 aromatic rings. The van der Waals surface area contributed by atoms with Gasteiger partial charge < -0.3 is 4.74 Å². The molecule has 1 aromatic carbocycles. The van der Waals surface area contributed by atoms with Gasteiger partial charge in [0.05, 0.1) is 12.1 Å². The van der Waals surface area contributed by atoms with Crippen molar-refractivity contribution in [1.29, 1.82) is 0 Å². The normalized spacial score (nSPS) is 10.6. The SMILES string of the molecule is CCOc1cc2ccc(Cl)nc2cc1F. The number of hydrogen-bond acceptors (Lipinski definition) is 2. The van der Waals surface area contributed by atoms with Gasteiger partial charge in [-0.15, -0.1) is 0 Å². The molecule has 0 N–H and O–H groups in total. The molecule has 2 nitrogen and oxygen atoms in total. The van der Waals surface area contributed by atoms with Crippen LogP contribution in [-0.2, 0) is 0 Å². The molecule has 4 heteroatoms. The number of rotatable bonds is 2. The van der Waals surface area contributed by atoms with Crippen molar-refractivity contribution < 1.29 is 9.13 Å². The summed E-state index contributed by atoms with van der Waals surface area (Å²) in [4.78, 5) is 4.01. The summed E-state index contributed by atoms with van der Waals surface area (Å²) in [5.41, 5.74) is 0.531. The molecule has 0 atom stereocenters. The molecular formula is C11H9ClFNO. The van der Waals surface area contributed by atoms with E-state index in [0.29, 0.717) is 17.3 Å². The summed E-state index contributed by atoms with van der Waals surface area (Å²) in [5, 5.41) is 1.16. The fourth-order valence-corrected chi connectivity index (χ4v) is 1.52. The molecule has 0 radical (unpaired) electrons. The van der Waals surface area contributed by atoms with Gasteiger partial charge in [0.25, 0.3) is 0 Å². The zero-order chi connectivity index (χ0) is 10.8. The minimum atomic E-state index is -0.417. The molecule has 0 saturated heterocycles. The van der Waals surface area contributed by atoms with Crippen LogP contribution >= 0.6 is 11.6 Å². The third-order valence-corrected chi connectivity index (χ3v) is 2.22. The Hall–Kier alpha value is -1.35. The Labute approximate surface area is 91.6 Å². The Bertz CT molecular complexity index is 501. The van der Waals surface area contributed by atoms with Crippen LogP contribution in [0, 0.1) is 5.82 Å². The topological polar surface area (TPSA) is 22.1 Å². The Kier molecular flexibility index (Phi) is 2.73. The third-order valence-electron chi connectivity index (χ3n) is 2.01. The highest BCUT2D eigenvalue weighted by Gasteiger charge is 2.06. The monoisotopic (exact) mass is 225 g/mol. The number of benzene rings is 1. The molecule has 1 heterocycles. The molecule has 0 aliphatic rings. The molecule has 0 spiro atoms. The highest BCUT2D eigenvalue weighted by molar-refractivity contribution is 6.29. The van der Waals surface area contributed by atoms with E-state index in [-0.39, 0.29) is 5.75 Å². The van der Waals surface area contributed by atoms with Crippen LogP contribution in [0.25, 0.3) is 10.9 Å². The van der Waals surface area contributed by atoms with Gasteiger partial charge in [0.15, 0.2) is 11.6 Å². The predicted octanol–water partition coefficient (Wildman–Crippen LogP) is 3.43. The Balaban J connectivity index is 2.60. The maximum Gasteiger partial charge on any atom is 0.167 e. The van der Waals surface area contributed by atoms with E-state index in [0.717, 1.165) is 5.39 Å². The highest BCUT2D eigenvalue weighted by Crippen LogP contribution is 2.24. The lowest BCUT2D eigenvalue weighted by Crippen LogP contribution is -1.95. The Morgan fingerprint density at radius 3 is 2.93 bits per heavy atom. The van der Waals surface area contributed by atoms with Crippen LogP contribution in [0.2, 0.25) is 5.15 Å². The van der Waals surface area contributed by atoms with Crippen LogP contribution in [0.1, 0.15) is 6.92 Å². The number of fused-ring (bicyclic) bond motifs is 1. The van der Waals surface area contributed by atoms with Crippen molar-refractivity contribution in [1.82, 2.24) is 4.98 Å². The van der Waals surface area contributed by atoms with E-state index >= 15 is 0 Å². The molecule has 0 fully saturated rings. The molecule has 78 valence electrons. The minimum absolute atomic E-state index is 0.245. The van der Waals surface area contributed by atoms with E-state index in [1.165, 1.54) is 6.07 Å². The van der Waals surface area contributed by atoms with Crippen LogP contribution < -0.4 is 4.74 Å². The second-order valence-electron chi connectivity index (χ2n) is 3.04. The predicted molar refractivity (Wildman–Crippen MR) is 57.9 cm³/mol. The zero-order valence-corrected chi connectivity index (χ0v) is 8.88. The standard InChI is InChI=1S/C11H9ClFNO/c1-2-15-10-5-7-3-4-11(12)14-9(7)6-8(10)13/h3-6H,2H2,1H3. The lowest BCUT2D eigenvalue weighted by Gasteiger charge is -2.05. The van der Waals surface area contributed by atoms with Gasteiger partial charge in [0.2, 0.25) is 0 Å². The van der Waals surface area contributed by atoms with Gasteiger partial charge in [-0.1, -0.05) is 11.6 Å². The summed E-state index contributed by atoms with van der Waals surface area (Å²) < 4.78 is 18.6. The molecule has 0 unspecified atom stereocenters. The molecule has 0 saturated carbocycles. The second-order valence-corrected chi connectivity index (χ2v) is 3.43. The van der Waals surface area contributed by atoms with E-state index in [1.807, 2.05) is 6.92 Å². The third kappa shape index (κ3) is 2.02. The van der Waals surface area contributed by atoms with Crippen molar-refractivity contribution in [2.24, 2.45) is 0 Å². The average Bonchev–Trinajstić information content (AvgIpc) is 2.20. The summed E-state index contributed by atoms with van der Waals surface area (Å²) in [6, 6.07) is 6.40. The van der Waals surface area contributed by atoms with Crippen molar-refractivity contribution in [2.45, 2.75) is 6.92 Å². The fourth-order valence-electron chi connectivity index (χ4n) is 1.37. The van der Waals surface area contributed by atoms with Crippen molar-refractivity contribution >= 4 is 22.5 Å². The van der Waals surface area contributed by atoms with Crippen molar-refractivity contribution in [3.05, 3.63) is 35.2 Å². The van der Waals surface area contributed by atoms with Crippen molar-refractivity contribution in [3.63, 3.8) is 0 Å². The quantitative estimate of drug-likeness (QED) is 0.731. The fraction of sp³-hybridized carbons (Fsp3) is 0.182. The number of halogens is 2. The number of hydrogen-bond donors (Lipinski definition) is 0. The van der Waals surface area contributed by atoms with Gasteiger partial charge in [-0.05, 0) is 25.1 Å².